The van der Waals surface area contributed by atoms with Crippen molar-refractivity contribution < 1.29 is 9.90 Å². The third-order valence-corrected chi connectivity index (χ3v) is 3.26. The number of allylic oxidation sites excluding steroid dienone is 1. The van der Waals surface area contributed by atoms with Crippen LogP contribution in [0.3, 0.4) is 0 Å². The van der Waals surface area contributed by atoms with Gasteiger partial charge in [0, 0.05) is 6.08 Å². The van der Waals surface area contributed by atoms with E-state index in [2.05, 4.69) is 32.9 Å². The Kier molecular flexibility index (Phi) is 3.05. The second kappa shape index (κ2) is 4.36. The third kappa shape index (κ3) is 2.57. The minimum atomic E-state index is -0.841. The summed E-state index contributed by atoms with van der Waals surface area (Å²) in [4.78, 5) is 10.9. The van der Waals surface area contributed by atoms with Crippen LogP contribution < -0.4 is 0 Å². The summed E-state index contributed by atoms with van der Waals surface area (Å²) in [6.45, 7) is 6.20. The number of carboxylic acid groups (broad SMARTS) is 1. The van der Waals surface area contributed by atoms with Gasteiger partial charge in [0.2, 0.25) is 0 Å². The van der Waals surface area contributed by atoms with Crippen LogP contribution in [0.15, 0.2) is 18.2 Å². The molecule has 1 aliphatic rings. The molecule has 0 saturated heterocycles. The SMILES string of the molecule is Cc1cc(C)c(/C(=C/C(=O)O)C2CC2)c(C)c1. The molecule has 1 aliphatic carbocycles. The van der Waals surface area contributed by atoms with E-state index in [0.29, 0.717) is 5.92 Å². The lowest BCUT2D eigenvalue weighted by Gasteiger charge is -2.14. The van der Waals surface area contributed by atoms with Crippen LogP contribution in [0.5, 0.6) is 0 Å². The van der Waals surface area contributed by atoms with Crippen LogP contribution in [0.4, 0.5) is 0 Å². The summed E-state index contributed by atoms with van der Waals surface area (Å²) in [5.74, 6) is -0.391. The van der Waals surface area contributed by atoms with Gasteiger partial charge in [-0.15, -0.1) is 0 Å². The van der Waals surface area contributed by atoms with E-state index in [0.717, 1.165) is 24.0 Å². The van der Waals surface area contributed by atoms with E-state index in [4.69, 9.17) is 5.11 Å². The van der Waals surface area contributed by atoms with Crippen molar-refractivity contribution in [2.75, 3.05) is 0 Å². The van der Waals surface area contributed by atoms with Gasteiger partial charge in [-0.3, -0.25) is 0 Å². The quantitative estimate of drug-likeness (QED) is 0.807. The summed E-state index contributed by atoms with van der Waals surface area (Å²) in [5, 5.41) is 8.98. The normalized spacial score (nSPS) is 16.1. The summed E-state index contributed by atoms with van der Waals surface area (Å²) in [5.41, 5.74) is 5.74. The van der Waals surface area contributed by atoms with Gasteiger partial charge >= 0.3 is 5.97 Å². The van der Waals surface area contributed by atoms with E-state index in [1.165, 1.54) is 22.8 Å². The average molecular weight is 230 g/mol. The number of aliphatic carboxylic acids is 1. The Balaban J connectivity index is 2.53. The Morgan fingerprint density at radius 1 is 1.24 bits per heavy atom. The van der Waals surface area contributed by atoms with E-state index in [-0.39, 0.29) is 0 Å². The molecule has 0 atom stereocenters. The van der Waals surface area contributed by atoms with Gasteiger partial charge in [-0.2, -0.15) is 0 Å². The van der Waals surface area contributed by atoms with Crippen LogP contribution in [0.1, 0.15) is 35.1 Å². The fourth-order valence-electron chi connectivity index (χ4n) is 2.56. The van der Waals surface area contributed by atoms with Crippen molar-refractivity contribution in [1.29, 1.82) is 0 Å². The lowest BCUT2D eigenvalue weighted by Crippen LogP contribution is -2.00. The average Bonchev–Trinajstić information content (AvgIpc) is 2.96. The van der Waals surface area contributed by atoms with Crippen molar-refractivity contribution in [3.8, 4) is 0 Å². The van der Waals surface area contributed by atoms with Gasteiger partial charge < -0.3 is 5.11 Å². The highest BCUT2D eigenvalue weighted by Gasteiger charge is 2.29. The van der Waals surface area contributed by atoms with Gasteiger partial charge in [-0.25, -0.2) is 4.79 Å². The summed E-state index contributed by atoms with van der Waals surface area (Å²) in [7, 11) is 0. The van der Waals surface area contributed by atoms with E-state index in [1.54, 1.807) is 0 Å². The van der Waals surface area contributed by atoms with Gasteiger partial charge in [-0.1, -0.05) is 17.7 Å². The first-order valence-electron chi connectivity index (χ1n) is 6.01. The summed E-state index contributed by atoms with van der Waals surface area (Å²) < 4.78 is 0. The molecule has 2 nitrogen and oxygen atoms in total. The number of carboxylic acids is 1. The second-order valence-corrected chi connectivity index (χ2v) is 4.99. The standard InChI is InChI=1S/C15H18O2/c1-9-6-10(2)15(11(3)7-9)13(8-14(16)17)12-4-5-12/h6-8,12H,4-5H2,1-3H3,(H,16,17)/b13-8+. The molecule has 1 aromatic rings. The monoisotopic (exact) mass is 230 g/mol. The zero-order chi connectivity index (χ0) is 12.6. The minimum Gasteiger partial charge on any atom is -0.478 e. The molecule has 0 unspecified atom stereocenters. The summed E-state index contributed by atoms with van der Waals surface area (Å²) in [6, 6.07) is 4.25. The van der Waals surface area contributed by atoms with Crippen molar-refractivity contribution in [2.45, 2.75) is 33.6 Å². The van der Waals surface area contributed by atoms with Crippen molar-refractivity contribution in [1.82, 2.24) is 0 Å². The van der Waals surface area contributed by atoms with E-state index < -0.39 is 5.97 Å². The molecule has 1 fully saturated rings. The zero-order valence-corrected chi connectivity index (χ0v) is 10.6. The van der Waals surface area contributed by atoms with Crippen molar-refractivity contribution >= 4 is 11.5 Å². The fourth-order valence-corrected chi connectivity index (χ4v) is 2.56. The maximum absolute atomic E-state index is 10.9. The van der Waals surface area contributed by atoms with Crippen LogP contribution in [0.25, 0.3) is 5.57 Å². The lowest BCUT2D eigenvalue weighted by molar-refractivity contribution is -0.131. The molecule has 1 saturated carbocycles. The van der Waals surface area contributed by atoms with E-state index >= 15 is 0 Å². The zero-order valence-electron chi connectivity index (χ0n) is 10.6. The van der Waals surface area contributed by atoms with Gasteiger partial charge in [-0.05, 0) is 61.8 Å². The number of aryl methyl sites for hydroxylation is 3. The number of benzene rings is 1. The van der Waals surface area contributed by atoms with Gasteiger partial charge in [0.25, 0.3) is 0 Å². The molecule has 90 valence electrons. The molecule has 0 bridgehead atoms. The molecule has 1 aromatic carbocycles. The molecular weight excluding hydrogens is 212 g/mol. The molecule has 1 N–H and O–H groups in total. The maximum atomic E-state index is 10.9. The van der Waals surface area contributed by atoms with Crippen LogP contribution >= 0.6 is 0 Å². The van der Waals surface area contributed by atoms with Crippen LogP contribution in [-0.2, 0) is 4.79 Å². The predicted molar refractivity (Wildman–Crippen MR) is 69.0 cm³/mol. The van der Waals surface area contributed by atoms with Crippen LogP contribution in [0.2, 0.25) is 0 Å². The Labute approximate surface area is 102 Å². The minimum absolute atomic E-state index is 0.450. The Morgan fingerprint density at radius 3 is 2.18 bits per heavy atom. The first kappa shape index (κ1) is 11.9. The van der Waals surface area contributed by atoms with Crippen LogP contribution in [-0.4, -0.2) is 11.1 Å². The van der Waals surface area contributed by atoms with E-state index in [1.807, 2.05) is 0 Å². The highest BCUT2D eigenvalue weighted by Crippen LogP contribution is 2.43. The van der Waals surface area contributed by atoms with Crippen molar-refractivity contribution in [2.24, 2.45) is 5.92 Å². The largest absolute Gasteiger partial charge is 0.478 e. The van der Waals surface area contributed by atoms with Crippen molar-refractivity contribution in [3.05, 3.63) is 40.5 Å². The number of hydrogen-bond donors (Lipinski definition) is 1. The van der Waals surface area contributed by atoms with Gasteiger partial charge in [0.15, 0.2) is 0 Å². The Morgan fingerprint density at radius 2 is 1.76 bits per heavy atom. The molecule has 2 rings (SSSR count). The smallest absolute Gasteiger partial charge is 0.328 e. The summed E-state index contributed by atoms with van der Waals surface area (Å²) in [6.07, 6.45) is 3.63. The second-order valence-electron chi connectivity index (χ2n) is 4.99. The first-order valence-corrected chi connectivity index (χ1v) is 6.01. The molecule has 17 heavy (non-hydrogen) atoms. The summed E-state index contributed by atoms with van der Waals surface area (Å²) >= 11 is 0. The number of hydrogen-bond acceptors (Lipinski definition) is 1. The van der Waals surface area contributed by atoms with Gasteiger partial charge in [0.1, 0.15) is 0 Å². The lowest BCUT2D eigenvalue weighted by atomic mass is 9.91. The predicted octanol–water partition coefficient (Wildman–Crippen LogP) is 3.49. The molecule has 0 aromatic heterocycles. The topological polar surface area (TPSA) is 37.3 Å². The van der Waals surface area contributed by atoms with E-state index in [9.17, 15) is 4.79 Å². The Hall–Kier alpha value is -1.57. The molecule has 0 radical (unpaired) electrons. The molecular formula is C15H18O2. The molecule has 0 aliphatic heterocycles. The first-order chi connectivity index (χ1) is 7.99. The molecule has 2 heteroatoms. The third-order valence-electron chi connectivity index (χ3n) is 3.26. The van der Waals surface area contributed by atoms with Crippen molar-refractivity contribution in [3.63, 3.8) is 0 Å². The highest BCUT2D eigenvalue weighted by molar-refractivity contribution is 5.92. The number of carbonyl (C=O) groups is 1. The molecule has 0 amide bonds. The maximum Gasteiger partial charge on any atom is 0.328 e. The molecule has 0 heterocycles. The van der Waals surface area contributed by atoms with Gasteiger partial charge in [0.05, 0.1) is 0 Å². The Bertz CT molecular complexity index is 471. The number of rotatable bonds is 3. The fraction of sp³-hybridized carbons (Fsp3) is 0.400. The highest BCUT2D eigenvalue weighted by atomic mass is 16.4. The van der Waals surface area contributed by atoms with Crippen LogP contribution in [0, 0.1) is 26.7 Å². The molecule has 0 spiro atoms.